The topological polar surface area (TPSA) is 55.9 Å². The van der Waals surface area contributed by atoms with E-state index in [0.29, 0.717) is 5.82 Å². The zero-order chi connectivity index (χ0) is 11.1. The summed E-state index contributed by atoms with van der Waals surface area (Å²) in [7, 11) is 0. The minimum atomic E-state index is 0.640. The molecule has 1 aliphatic heterocycles. The third kappa shape index (κ3) is 1.31. The first-order valence-corrected chi connectivity index (χ1v) is 5.40. The van der Waals surface area contributed by atoms with Gasteiger partial charge in [0.2, 0.25) is 0 Å². The fourth-order valence-corrected chi connectivity index (χ4v) is 2.16. The van der Waals surface area contributed by atoms with Crippen molar-refractivity contribution >= 4 is 5.82 Å². The number of nitrogens with one attached hydrogen (secondary N) is 1. The molecule has 2 heterocycles. The number of aromatic nitrogens is 2. The van der Waals surface area contributed by atoms with Crippen molar-refractivity contribution in [3.8, 4) is 5.69 Å². The Hall–Kier alpha value is -1.81. The number of hydrogen-bond acceptors (Lipinski definition) is 3. The Morgan fingerprint density at radius 1 is 1.38 bits per heavy atom. The van der Waals surface area contributed by atoms with Crippen LogP contribution in [-0.4, -0.2) is 9.78 Å². The third-order valence-electron chi connectivity index (χ3n) is 2.96. The Kier molecular flexibility index (Phi) is 1.97. The summed E-state index contributed by atoms with van der Waals surface area (Å²) in [6.07, 6.45) is 0. The van der Waals surface area contributed by atoms with E-state index in [1.165, 1.54) is 11.3 Å². The largest absolute Gasteiger partial charge is 0.382 e. The van der Waals surface area contributed by atoms with Crippen molar-refractivity contribution in [3.63, 3.8) is 0 Å². The van der Waals surface area contributed by atoms with Crippen LogP contribution in [0.4, 0.5) is 5.82 Å². The lowest BCUT2D eigenvalue weighted by atomic mass is 10.2. The second kappa shape index (κ2) is 3.35. The first-order valence-electron chi connectivity index (χ1n) is 5.40. The van der Waals surface area contributed by atoms with Crippen LogP contribution in [0.3, 0.4) is 0 Å². The predicted molar refractivity (Wildman–Crippen MR) is 63.3 cm³/mol. The van der Waals surface area contributed by atoms with Crippen LogP contribution in [0.1, 0.15) is 16.8 Å². The lowest BCUT2D eigenvalue weighted by Crippen LogP contribution is -2.08. The Labute approximate surface area is 94.1 Å². The lowest BCUT2D eigenvalue weighted by molar-refractivity contribution is 0.714. The molecule has 2 aromatic rings. The van der Waals surface area contributed by atoms with E-state index in [9.17, 15) is 0 Å². The number of fused-ring (bicyclic) bond motifs is 1. The quantitative estimate of drug-likeness (QED) is 0.753. The van der Waals surface area contributed by atoms with E-state index >= 15 is 0 Å². The van der Waals surface area contributed by atoms with Crippen LogP contribution in [-0.2, 0) is 13.1 Å². The maximum absolute atomic E-state index is 5.90. The third-order valence-corrected chi connectivity index (χ3v) is 2.96. The smallest absolute Gasteiger partial charge is 0.150 e. The van der Waals surface area contributed by atoms with E-state index in [0.717, 1.165) is 24.3 Å². The normalized spacial score (nSPS) is 14.1. The fraction of sp³-hybridized carbons (Fsp3) is 0.250. The molecular formula is C12H14N4. The summed E-state index contributed by atoms with van der Waals surface area (Å²) >= 11 is 0. The van der Waals surface area contributed by atoms with E-state index in [-0.39, 0.29) is 0 Å². The minimum absolute atomic E-state index is 0.640. The molecule has 0 saturated carbocycles. The first kappa shape index (κ1) is 9.42. The van der Waals surface area contributed by atoms with Crippen molar-refractivity contribution in [1.82, 2.24) is 15.1 Å². The summed E-state index contributed by atoms with van der Waals surface area (Å²) in [5.74, 6) is 0.640. The maximum atomic E-state index is 5.90. The van der Waals surface area contributed by atoms with E-state index in [2.05, 4.69) is 35.5 Å². The highest BCUT2D eigenvalue weighted by Crippen LogP contribution is 2.24. The number of benzene rings is 1. The van der Waals surface area contributed by atoms with Gasteiger partial charge in [0.25, 0.3) is 0 Å². The summed E-state index contributed by atoms with van der Waals surface area (Å²) in [4.78, 5) is 0. The lowest BCUT2D eigenvalue weighted by Gasteiger charge is -2.05. The van der Waals surface area contributed by atoms with Crippen LogP contribution < -0.4 is 11.1 Å². The van der Waals surface area contributed by atoms with Crippen LogP contribution >= 0.6 is 0 Å². The van der Waals surface area contributed by atoms with Crippen molar-refractivity contribution in [3.05, 3.63) is 41.1 Å². The highest BCUT2D eigenvalue weighted by molar-refractivity contribution is 5.49. The molecule has 1 aromatic heterocycles. The van der Waals surface area contributed by atoms with Gasteiger partial charge in [-0.15, -0.1) is 0 Å². The molecule has 0 bridgehead atoms. The number of anilines is 1. The van der Waals surface area contributed by atoms with Gasteiger partial charge in [-0.3, -0.25) is 0 Å². The molecule has 0 saturated heterocycles. The van der Waals surface area contributed by atoms with Gasteiger partial charge in [-0.1, -0.05) is 12.1 Å². The first-order chi connectivity index (χ1) is 7.75. The molecular weight excluding hydrogens is 200 g/mol. The molecule has 0 spiro atoms. The number of nitrogen functional groups attached to an aromatic ring is 1. The van der Waals surface area contributed by atoms with Gasteiger partial charge in [0.05, 0.1) is 11.4 Å². The summed E-state index contributed by atoms with van der Waals surface area (Å²) in [5, 5.41) is 7.69. The second-order valence-electron chi connectivity index (χ2n) is 4.16. The molecule has 0 aliphatic carbocycles. The van der Waals surface area contributed by atoms with Crippen molar-refractivity contribution in [2.75, 3.05) is 5.73 Å². The summed E-state index contributed by atoms with van der Waals surface area (Å²) in [6, 6.07) is 8.29. The highest BCUT2D eigenvalue weighted by atomic mass is 15.3. The van der Waals surface area contributed by atoms with Gasteiger partial charge in [-0.05, 0) is 24.6 Å². The molecule has 4 nitrogen and oxygen atoms in total. The Morgan fingerprint density at radius 3 is 3.06 bits per heavy atom. The molecule has 0 unspecified atom stereocenters. The SMILES string of the molecule is Cc1cccc(-n2nc(N)c3c2CNC3)c1. The zero-order valence-electron chi connectivity index (χ0n) is 9.20. The maximum Gasteiger partial charge on any atom is 0.150 e. The fourth-order valence-electron chi connectivity index (χ4n) is 2.16. The van der Waals surface area contributed by atoms with Crippen LogP contribution in [0.15, 0.2) is 24.3 Å². The molecule has 0 atom stereocenters. The molecule has 0 fully saturated rings. The monoisotopic (exact) mass is 214 g/mol. The average Bonchev–Trinajstić information content (AvgIpc) is 2.83. The van der Waals surface area contributed by atoms with Crippen molar-refractivity contribution in [2.24, 2.45) is 0 Å². The molecule has 1 aromatic carbocycles. The van der Waals surface area contributed by atoms with Crippen LogP contribution in [0, 0.1) is 6.92 Å². The Morgan fingerprint density at radius 2 is 2.25 bits per heavy atom. The molecule has 82 valence electrons. The van der Waals surface area contributed by atoms with E-state index in [1.54, 1.807) is 0 Å². The second-order valence-corrected chi connectivity index (χ2v) is 4.16. The number of hydrogen-bond donors (Lipinski definition) is 2. The number of nitrogens with zero attached hydrogens (tertiary/aromatic N) is 2. The molecule has 4 heteroatoms. The number of aryl methyl sites for hydroxylation is 1. The molecule has 0 amide bonds. The zero-order valence-corrected chi connectivity index (χ0v) is 9.20. The standard InChI is InChI=1S/C12H14N4/c1-8-3-2-4-9(5-8)16-11-7-14-6-10(11)12(13)15-16/h2-5,14H,6-7H2,1H3,(H2,13,15). The molecule has 16 heavy (non-hydrogen) atoms. The van der Waals surface area contributed by atoms with Gasteiger partial charge in [-0.25, -0.2) is 4.68 Å². The van der Waals surface area contributed by atoms with Crippen molar-refractivity contribution < 1.29 is 0 Å². The van der Waals surface area contributed by atoms with Crippen molar-refractivity contribution in [2.45, 2.75) is 20.0 Å². The molecule has 3 rings (SSSR count). The molecule has 1 aliphatic rings. The van der Waals surface area contributed by atoms with Gasteiger partial charge in [0.1, 0.15) is 0 Å². The van der Waals surface area contributed by atoms with Gasteiger partial charge >= 0.3 is 0 Å². The van der Waals surface area contributed by atoms with Crippen molar-refractivity contribution in [1.29, 1.82) is 0 Å². The minimum Gasteiger partial charge on any atom is -0.382 e. The summed E-state index contributed by atoms with van der Waals surface area (Å²) in [5.41, 5.74) is 10.5. The van der Waals surface area contributed by atoms with Crippen LogP contribution in [0.5, 0.6) is 0 Å². The predicted octanol–water partition coefficient (Wildman–Crippen LogP) is 1.37. The Balaban J connectivity index is 2.17. The average molecular weight is 214 g/mol. The van der Waals surface area contributed by atoms with Gasteiger partial charge in [0, 0.05) is 18.7 Å². The van der Waals surface area contributed by atoms with E-state index in [1.807, 2.05) is 10.7 Å². The van der Waals surface area contributed by atoms with Gasteiger partial charge in [0.15, 0.2) is 5.82 Å². The molecule has 0 radical (unpaired) electrons. The number of nitrogens with two attached hydrogens (primary N) is 1. The Bertz CT molecular complexity index is 542. The summed E-state index contributed by atoms with van der Waals surface area (Å²) in [6.45, 7) is 3.75. The number of rotatable bonds is 1. The van der Waals surface area contributed by atoms with Gasteiger partial charge in [-0.2, -0.15) is 5.10 Å². The summed E-state index contributed by atoms with van der Waals surface area (Å²) < 4.78 is 1.94. The molecule has 3 N–H and O–H groups in total. The van der Waals surface area contributed by atoms with Crippen LogP contribution in [0.2, 0.25) is 0 Å². The highest BCUT2D eigenvalue weighted by Gasteiger charge is 2.21. The van der Waals surface area contributed by atoms with Gasteiger partial charge < -0.3 is 11.1 Å². The van der Waals surface area contributed by atoms with E-state index in [4.69, 9.17) is 5.73 Å². The van der Waals surface area contributed by atoms with E-state index < -0.39 is 0 Å². The van der Waals surface area contributed by atoms with Crippen LogP contribution in [0.25, 0.3) is 5.69 Å².